The number of benzene rings is 1. The van der Waals surface area contributed by atoms with Gasteiger partial charge in [0.05, 0.1) is 5.69 Å². The van der Waals surface area contributed by atoms with Gasteiger partial charge in [-0.1, -0.05) is 12.1 Å². The first-order valence-electron chi connectivity index (χ1n) is 5.42. The number of tetrazole rings is 1. The average molecular weight is 215 g/mol. The second kappa shape index (κ2) is 3.68. The topological polar surface area (TPSA) is 69.6 Å². The van der Waals surface area contributed by atoms with Crippen molar-refractivity contribution in [3.05, 3.63) is 36.2 Å². The van der Waals surface area contributed by atoms with Crippen LogP contribution in [0.2, 0.25) is 0 Å². The van der Waals surface area contributed by atoms with Crippen molar-refractivity contribution in [1.29, 1.82) is 0 Å². The third-order valence-electron chi connectivity index (χ3n) is 3.13. The summed E-state index contributed by atoms with van der Waals surface area (Å²) in [5, 5.41) is 11.1. The van der Waals surface area contributed by atoms with E-state index in [1.165, 1.54) is 5.56 Å². The Hall–Kier alpha value is -1.75. The average Bonchev–Trinajstić information content (AvgIpc) is 2.78. The lowest BCUT2D eigenvalue weighted by molar-refractivity contribution is 0.351. The van der Waals surface area contributed by atoms with Crippen LogP contribution in [0.15, 0.2) is 30.6 Å². The van der Waals surface area contributed by atoms with E-state index in [0.29, 0.717) is 12.0 Å². The first-order valence-corrected chi connectivity index (χ1v) is 5.42. The number of hydrogen-bond acceptors (Lipinski definition) is 4. The number of hydrogen-bond donors (Lipinski definition) is 1. The van der Waals surface area contributed by atoms with Crippen molar-refractivity contribution in [2.45, 2.75) is 24.8 Å². The second-order valence-electron chi connectivity index (χ2n) is 4.28. The van der Waals surface area contributed by atoms with E-state index in [9.17, 15) is 0 Å². The molecule has 1 aliphatic carbocycles. The first-order chi connectivity index (χ1) is 7.83. The molecule has 0 radical (unpaired) electrons. The maximum atomic E-state index is 5.80. The van der Waals surface area contributed by atoms with Crippen molar-refractivity contribution in [3.8, 4) is 5.69 Å². The van der Waals surface area contributed by atoms with Gasteiger partial charge in [0.2, 0.25) is 0 Å². The molecule has 82 valence electrons. The number of aromatic nitrogens is 4. The molecule has 0 bridgehead atoms. The van der Waals surface area contributed by atoms with Crippen molar-refractivity contribution in [2.24, 2.45) is 5.73 Å². The highest BCUT2D eigenvalue weighted by Crippen LogP contribution is 2.36. The zero-order chi connectivity index (χ0) is 11.0. The highest BCUT2D eigenvalue weighted by molar-refractivity contribution is 5.37. The van der Waals surface area contributed by atoms with Crippen LogP contribution in [0.5, 0.6) is 0 Å². The van der Waals surface area contributed by atoms with E-state index in [1.807, 2.05) is 12.1 Å². The summed E-state index contributed by atoms with van der Waals surface area (Å²) in [6, 6.07) is 8.69. The Morgan fingerprint density at radius 3 is 2.88 bits per heavy atom. The summed E-state index contributed by atoms with van der Waals surface area (Å²) in [6.07, 6.45) is 3.77. The van der Waals surface area contributed by atoms with Gasteiger partial charge in [0.25, 0.3) is 0 Å². The summed E-state index contributed by atoms with van der Waals surface area (Å²) < 4.78 is 1.67. The summed E-state index contributed by atoms with van der Waals surface area (Å²) >= 11 is 0. The minimum absolute atomic E-state index is 0.377. The maximum absolute atomic E-state index is 5.80. The van der Waals surface area contributed by atoms with Gasteiger partial charge in [0.15, 0.2) is 0 Å². The van der Waals surface area contributed by atoms with Gasteiger partial charge >= 0.3 is 0 Å². The van der Waals surface area contributed by atoms with Crippen LogP contribution in [0.1, 0.15) is 24.3 Å². The maximum Gasteiger partial charge on any atom is 0.143 e. The zero-order valence-electron chi connectivity index (χ0n) is 8.82. The molecule has 5 heteroatoms. The van der Waals surface area contributed by atoms with E-state index in [0.717, 1.165) is 18.5 Å². The molecule has 1 saturated carbocycles. The molecule has 0 unspecified atom stereocenters. The molecular formula is C11H13N5. The molecule has 0 aliphatic heterocycles. The largest absolute Gasteiger partial charge is 0.328 e. The van der Waals surface area contributed by atoms with Crippen molar-refractivity contribution >= 4 is 0 Å². The third kappa shape index (κ3) is 1.59. The molecule has 0 saturated heterocycles. The van der Waals surface area contributed by atoms with Crippen molar-refractivity contribution in [2.75, 3.05) is 0 Å². The molecule has 1 aliphatic rings. The smallest absolute Gasteiger partial charge is 0.143 e. The summed E-state index contributed by atoms with van der Waals surface area (Å²) in [7, 11) is 0. The molecular weight excluding hydrogens is 202 g/mol. The molecule has 0 spiro atoms. The Kier molecular flexibility index (Phi) is 2.18. The van der Waals surface area contributed by atoms with Crippen LogP contribution in [-0.4, -0.2) is 26.2 Å². The molecule has 0 amide bonds. The lowest BCUT2D eigenvalue weighted by Crippen LogP contribution is -2.34. The molecule has 1 aromatic carbocycles. The van der Waals surface area contributed by atoms with Crippen LogP contribution in [-0.2, 0) is 0 Å². The minimum atomic E-state index is 0.377. The lowest BCUT2D eigenvalue weighted by atomic mass is 9.76. The lowest BCUT2D eigenvalue weighted by Gasteiger charge is -2.32. The molecule has 0 atom stereocenters. The Bertz CT molecular complexity index is 473. The second-order valence-corrected chi connectivity index (χ2v) is 4.28. The van der Waals surface area contributed by atoms with Crippen molar-refractivity contribution < 1.29 is 0 Å². The summed E-state index contributed by atoms with van der Waals surface area (Å²) in [6.45, 7) is 0. The van der Waals surface area contributed by atoms with Gasteiger partial charge in [-0.05, 0) is 46.9 Å². The Labute approximate surface area is 93.3 Å². The SMILES string of the molecule is NC1CC(c2cccc(-n3cnnn3)c2)C1. The van der Waals surface area contributed by atoms with E-state index in [4.69, 9.17) is 5.73 Å². The fourth-order valence-corrected chi connectivity index (χ4v) is 2.13. The molecule has 2 N–H and O–H groups in total. The van der Waals surface area contributed by atoms with Gasteiger partial charge in [-0.2, -0.15) is 0 Å². The quantitative estimate of drug-likeness (QED) is 0.806. The highest BCUT2D eigenvalue weighted by Gasteiger charge is 2.27. The summed E-state index contributed by atoms with van der Waals surface area (Å²) in [5.41, 5.74) is 8.13. The van der Waals surface area contributed by atoms with Gasteiger partial charge in [-0.25, -0.2) is 4.68 Å². The zero-order valence-corrected chi connectivity index (χ0v) is 8.82. The number of nitrogens with zero attached hydrogens (tertiary/aromatic N) is 4. The van der Waals surface area contributed by atoms with Crippen LogP contribution in [0.25, 0.3) is 5.69 Å². The monoisotopic (exact) mass is 215 g/mol. The van der Waals surface area contributed by atoms with Crippen LogP contribution in [0.3, 0.4) is 0 Å². The van der Waals surface area contributed by atoms with Crippen LogP contribution in [0, 0.1) is 0 Å². The fourth-order valence-electron chi connectivity index (χ4n) is 2.13. The number of nitrogens with two attached hydrogens (primary N) is 1. The predicted octanol–water partition coefficient (Wildman–Crippen LogP) is 0.867. The molecule has 1 aromatic heterocycles. The summed E-state index contributed by atoms with van der Waals surface area (Å²) in [5.74, 6) is 0.603. The normalized spacial score (nSPS) is 24.1. The molecule has 5 nitrogen and oxygen atoms in total. The highest BCUT2D eigenvalue weighted by atomic mass is 15.5. The molecule has 16 heavy (non-hydrogen) atoms. The van der Waals surface area contributed by atoms with E-state index >= 15 is 0 Å². The van der Waals surface area contributed by atoms with Crippen LogP contribution >= 0.6 is 0 Å². The Morgan fingerprint density at radius 1 is 1.31 bits per heavy atom. The van der Waals surface area contributed by atoms with E-state index in [2.05, 4.69) is 27.7 Å². The van der Waals surface area contributed by atoms with E-state index in [1.54, 1.807) is 11.0 Å². The standard InChI is InChI=1S/C11H13N5/c12-10-4-9(5-10)8-2-1-3-11(6-8)16-7-13-14-15-16/h1-3,6-7,9-10H,4-5,12H2. The van der Waals surface area contributed by atoms with Gasteiger partial charge in [0.1, 0.15) is 6.33 Å². The van der Waals surface area contributed by atoms with Crippen LogP contribution < -0.4 is 5.73 Å². The van der Waals surface area contributed by atoms with Crippen molar-refractivity contribution in [3.63, 3.8) is 0 Å². The molecule has 1 heterocycles. The van der Waals surface area contributed by atoms with E-state index in [-0.39, 0.29) is 0 Å². The molecule has 3 rings (SSSR count). The minimum Gasteiger partial charge on any atom is -0.328 e. The third-order valence-corrected chi connectivity index (χ3v) is 3.13. The molecule has 2 aromatic rings. The first kappa shape index (κ1) is 9.47. The molecule has 1 fully saturated rings. The summed E-state index contributed by atoms with van der Waals surface area (Å²) in [4.78, 5) is 0. The van der Waals surface area contributed by atoms with Gasteiger partial charge in [-0.3, -0.25) is 0 Å². The van der Waals surface area contributed by atoms with Gasteiger partial charge < -0.3 is 5.73 Å². The Morgan fingerprint density at radius 2 is 2.19 bits per heavy atom. The predicted molar refractivity (Wildman–Crippen MR) is 59.1 cm³/mol. The number of rotatable bonds is 2. The Balaban J connectivity index is 1.89. The van der Waals surface area contributed by atoms with Crippen molar-refractivity contribution in [1.82, 2.24) is 20.2 Å². The van der Waals surface area contributed by atoms with Gasteiger partial charge in [0, 0.05) is 6.04 Å². The van der Waals surface area contributed by atoms with Gasteiger partial charge in [-0.15, -0.1) is 5.10 Å². The fraction of sp³-hybridized carbons (Fsp3) is 0.364. The van der Waals surface area contributed by atoms with E-state index < -0.39 is 0 Å². The van der Waals surface area contributed by atoms with Crippen LogP contribution in [0.4, 0.5) is 0 Å².